The predicted molar refractivity (Wildman–Crippen MR) is 130 cm³/mol. The maximum Gasteiger partial charge on any atom is 0.349 e. The minimum atomic E-state index is -1.08. The highest BCUT2D eigenvalue weighted by Gasteiger charge is 2.32. The average molecular weight is 480 g/mol. The lowest BCUT2D eigenvalue weighted by Gasteiger charge is -2.24. The van der Waals surface area contributed by atoms with Crippen LogP contribution in [0.5, 0.6) is 0 Å². The molecule has 184 valence electrons. The Kier molecular flexibility index (Phi) is 11.6. The lowest BCUT2D eigenvalue weighted by atomic mass is 9.98. The highest BCUT2D eigenvalue weighted by Crippen LogP contribution is 2.27. The van der Waals surface area contributed by atoms with Crippen molar-refractivity contribution in [1.29, 1.82) is 0 Å². The molecule has 9 heteroatoms. The van der Waals surface area contributed by atoms with Gasteiger partial charge in [-0.25, -0.2) is 4.79 Å². The van der Waals surface area contributed by atoms with Crippen molar-refractivity contribution >= 4 is 34.7 Å². The first kappa shape index (κ1) is 28.6. The van der Waals surface area contributed by atoms with Crippen molar-refractivity contribution in [2.45, 2.75) is 59.9 Å². The number of hydroxylamine groups is 2. The Hall–Kier alpha value is -2.39. The number of rotatable bonds is 10. The Bertz CT molecular complexity index is 808. The van der Waals surface area contributed by atoms with E-state index in [-0.39, 0.29) is 22.4 Å². The van der Waals surface area contributed by atoms with Crippen LogP contribution in [0.2, 0.25) is 0 Å². The molecule has 0 radical (unpaired) electrons. The highest BCUT2D eigenvalue weighted by atomic mass is 32.2. The first-order valence-electron chi connectivity index (χ1n) is 11.1. The molecule has 3 N–H and O–H groups in total. The van der Waals surface area contributed by atoms with Crippen LogP contribution in [0.25, 0.3) is 0 Å². The van der Waals surface area contributed by atoms with Crippen LogP contribution < -0.4 is 10.6 Å². The lowest BCUT2D eigenvalue weighted by molar-refractivity contribution is -0.157. The molecule has 0 aliphatic carbocycles. The molecular formula is C24H37N3O5S. The smallest absolute Gasteiger partial charge is 0.349 e. The van der Waals surface area contributed by atoms with Gasteiger partial charge in [-0.15, -0.1) is 5.06 Å². The zero-order chi connectivity index (χ0) is 25.2. The molecule has 33 heavy (non-hydrogen) atoms. The molecule has 0 aromatic heterocycles. The van der Waals surface area contributed by atoms with Crippen LogP contribution in [0.3, 0.4) is 0 Å². The molecule has 0 spiro atoms. The summed E-state index contributed by atoms with van der Waals surface area (Å²) in [5.74, 6) is -1.48. The molecule has 0 saturated carbocycles. The van der Waals surface area contributed by atoms with Crippen molar-refractivity contribution in [2.24, 2.45) is 17.3 Å². The molecule has 0 aliphatic heterocycles. The topological polar surface area (TPSA) is 116 Å². The maximum atomic E-state index is 12.9. The second-order valence-corrected chi connectivity index (χ2v) is 10.5. The quantitative estimate of drug-likeness (QED) is 0.349. The number of likely N-dealkylation sites (N-methyl/N-ethyl adjacent to an activating group) is 1. The third kappa shape index (κ3) is 9.96. The summed E-state index contributed by atoms with van der Waals surface area (Å²) in [4.78, 5) is 50.2. The van der Waals surface area contributed by atoms with E-state index >= 15 is 0 Å². The zero-order valence-electron chi connectivity index (χ0n) is 20.4. The molecule has 0 saturated heterocycles. The van der Waals surface area contributed by atoms with E-state index in [0.29, 0.717) is 18.8 Å². The van der Waals surface area contributed by atoms with Gasteiger partial charge in [-0.05, 0) is 17.9 Å². The molecule has 0 heterocycles. The summed E-state index contributed by atoms with van der Waals surface area (Å²) in [5, 5.41) is 15.2. The average Bonchev–Trinajstić information content (AvgIpc) is 2.76. The Labute approximate surface area is 200 Å². The van der Waals surface area contributed by atoms with Crippen LogP contribution >= 0.6 is 11.8 Å². The van der Waals surface area contributed by atoms with E-state index in [0.717, 1.165) is 17.3 Å². The summed E-state index contributed by atoms with van der Waals surface area (Å²) in [7, 11) is 1.44. The fraction of sp³-hybridized carbons (Fsp3) is 0.583. The molecule has 1 aromatic rings. The fourth-order valence-corrected chi connectivity index (χ4v) is 4.02. The summed E-state index contributed by atoms with van der Waals surface area (Å²) in [6.07, 6.45) is 1.32. The van der Waals surface area contributed by atoms with Gasteiger partial charge in [-0.3, -0.25) is 19.6 Å². The van der Waals surface area contributed by atoms with Crippen molar-refractivity contribution in [3.63, 3.8) is 0 Å². The number of nitrogens with zero attached hydrogens (tertiary/aromatic N) is 1. The number of hydrogen-bond acceptors (Lipinski definition) is 6. The molecule has 0 bridgehead atoms. The third-order valence-electron chi connectivity index (χ3n) is 5.01. The first-order chi connectivity index (χ1) is 15.4. The summed E-state index contributed by atoms with van der Waals surface area (Å²) < 4.78 is 0. The number of amides is 4. The normalized spacial score (nSPS) is 13.2. The maximum absolute atomic E-state index is 12.9. The van der Waals surface area contributed by atoms with Crippen LogP contribution in [0, 0.1) is 17.3 Å². The predicted octanol–water partition coefficient (Wildman–Crippen LogP) is 3.63. The van der Waals surface area contributed by atoms with Gasteiger partial charge in [-0.2, -0.15) is 0 Å². The van der Waals surface area contributed by atoms with Crippen molar-refractivity contribution in [2.75, 3.05) is 12.8 Å². The van der Waals surface area contributed by atoms with Crippen LogP contribution in [0.4, 0.5) is 4.79 Å². The van der Waals surface area contributed by atoms with Crippen molar-refractivity contribution in [3.05, 3.63) is 35.9 Å². The number of imide groups is 1. The van der Waals surface area contributed by atoms with E-state index in [2.05, 4.69) is 10.6 Å². The lowest BCUT2D eigenvalue weighted by Crippen LogP contribution is -2.53. The fourth-order valence-electron chi connectivity index (χ4n) is 2.92. The molecule has 0 fully saturated rings. The number of carbonyl (C=O) groups is 4. The molecule has 4 amide bonds. The number of benzene rings is 1. The summed E-state index contributed by atoms with van der Waals surface area (Å²) in [5.41, 5.74) is 0.249. The molecular weight excluding hydrogens is 442 g/mol. The van der Waals surface area contributed by atoms with Gasteiger partial charge in [0.1, 0.15) is 6.04 Å². The third-order valence-corrected chi connectivity index (χ3v) is 6.46. The standard InChI is InChI=1S/C24H37N3O5S/c1-16(2)12-13-18(15-33-22(30)24(3,4)5)21(29)27(32)23(31)26-19(20(28)25-6)14-17-10-8-7-9-11-17/h7-11,16,18-19,32H,12-15H2,1-6H3,(H,25,28)(H,26,31)/t18-,19+/m1/s1. The Morgan fingerprint density at radius 1 is 1.06 bits per heavy atom. The second kappa shape index (κ2) is 13.3. The van der Waals surface area contributed by atoms with E-state index in [9.17, 15) is 24.4 Å². The molecule has 1 rings (SSSR count). The largest absolute Gasteiger partial charge is 0.357 e. The monoisotopic (exact) mass is 479 g/mol. The summed E-state index contributed by atoms with van der Waals surface area (Å²) in [6.45, 7) is 9.41. The van der Waals surface area contributed by atoms with E-state index < -0.39 is 35.2 Å². The molecule has 8 nitrogen and oxygen atoms in total. The van der Waals surface area contributed by atoms with E-state index in [1.807, 2.05) is 44.2 Å². The van der Waals surface area contributed by atoms with Gasteiger partial charge in [0, 0.05) is 24.6 Å². The summed E-state index contributed by atoms with van der Waals surface area (Å²) >= 11 is 1.03. The van der Waals surface area contributed by atoms with Crippen LogP contribution in [-0.4, -0.2) is 52.1 Å². The number of nitrogens with one attached hydrogen (secondary N) is 2. The van der Waals surface area contributed by atoms with Gasteiger partial charge in [0.25, 0.3) is 5.91 Å². The number of thioether (sulfide) groups is 1. The van der Waals surface area contributed by atoms with Crippen LogP contribution in [0.15, 0.2) is 30.3 Å². The van der Waals surface area contributed by atoms with Gasteiger partial charge >= 0.3 is 6.03 Å². The SMILES string of the molecule is CNC(=O)[C@H](Cc1ccccc1)NC(=O)N(O)C(=O)[C@H](CCC(C)C)CSC(=O)C(C)(C)C. The van der Waals surface area contributed by atoms with Gasteiger partial charge in [-0.1, -0.05) is 83.1 Å². The molecule has 0 unspecified atom stereocenters. The van der Waals surface area contributed by atoms with Gasteiger partial charge in [0.05, 0.1) is 5.92 Å². The summed E-state index contributed by atoms with van der Waals surface area (Å²) in [6, 6.07) is 7.05. The molecule has 1 aromatic carbocycles. The number of hydrogen-bond donors (Lipinski definition) is 3. The van der Waals surface area contributed by atoms with Gasteiger partial charge < -0.3 is 10.6 Å². The van der Waals surface area contributed by atoms with Crippen LogP contribution in [-0.2, 0) is 20.8 Å². The second-order valence-electron chi connectivity index (χ2n) is 9.47. The van der Waals surface area contributed by atoms with Crippen molar-refractivity contribution in [1.82, 2.24) is 15.7 Å². The van der Waals surface area contributed by atoms with Crippen molar-refractivity contribution < 1.29 is 24.4 Å². The van der Waals surface area contributed by atoms with Crippen molar-refractivity contribution in [3.8, 4) is 0 Å². The highest BCUT2D eigenvalue weighted by molar-refractivity contribution is 8.13. The zero-order valence-corrected chi connectivity index (χ0v) is 21.2. The first-order valence-corrected chi connectivity index (χ1v) is 12.1. The number of urea groups is 1. The van der Waals surface area contributed by atoms with Crippen LogP contribution in [0.1, 0.15) is 53.0 Å². The minimum absolute atomic E-state index is 0.0358. The minimum Gasteiger partial charge on any atom is -0.357 e. The Morgan fingerprint density at radius 3 is 2.18 bits per heavy atom. The Morgan fingerprint density at radius 2 is 1.67 bits per heavy atom. The van der Waals surface area contributed by atoms with E-state index in [1.54, 1.807) is 20.8 Å². The molecule has 0 aliphatic rings. The van der Waals surface area contributed by atoms with E-state index in [4.69, 9.17) is 0 Å². The molecule has 2 atom stereocenters. The van der Waals surface area contributed by atoms with E-state index in [1.165, 1.54) is 7.05 Å². The Balaban J connectivity index is 2.91. The van der Waals surface area contributed by atoms with Gasteiger partial charge in [0.15, 0.2) is 5.12 Å². The number of carbonyl (C=O) groups excluding carboxylic acids is 4. The van der Waals surface area contributed by atoms with Gasteiger partial charge in [0.2, 0.25) is 5.91 Å².